The maximum Gasteiger partial charge on any atom is 0.331 e. The van der Waals surface area contributed by atoms with Crippen LogP contribution in [0.25, 0.3) is 11.4 Å². The molecule has 3 aliphatic heterocycles. The zero-order valence-corrected chi connectivity index (χ0v) is 24.2. The van der Waals surface area contributed by atoms with Crippen molar-refractivity contribution in [2.75, 3.05) is 52.4 Å². The summed E-state index contributed by atoms with van der Waals surface area (Å²) in [7, 11) is 0. The topological polar surface area (TPSA) is 109 Å². The minimum Gasteiger partial charge on any atom is -0.377 e. The Labute approximate surface area is 241 Å². The molecule has 204 valence electrons. The van der Waals surface area contributed by atoms with E-state index in [9.17, 15) is 4.79 Å². The Morgan fingerprint density at radius 3 is 2.64 bits per heavy atom. The van der Waals surface area contributed by atoms with Crippen molar-refractivity contribution in [2.45, 2.75) is 38.9 Å². The van der Waals surface area contributed by atoms with Crippen molar-refractivity contribution < 1.29 is 14.3 Å². The molecule has 2 saturated heterocycles. The minimum absolute atomic E-state index is 0.0739. The fourth-order valence-corrected chi connectivity index (χ4v) is 5.50. The number of nitrogens with zero attached hydrogens (tertiary/aromatic N) is 7. The van der Waals surface area contributed by atoms with Crippen molar-refractivity contribution in [1.82, 2.24) is 25.3 Å². The van der Waals surface area contributed by atoms with E-state index < -0.39 is 0 Å². The summed E-state index contributed by atoms with van der Waals surface area (Å²) in [6.07, 6.45) is 2.45. The van der Waals surface area contributed by atoms with Gasteiger partial charge in [0, 0.05) is 36.0 Å². The average Bonchev–Trinajstić information content (AvgIpc) is 2.94. The predicted octanol–water partition coefficient (Wildman–Crippen LogP) is 3.29. The molecule has 6 rings (SSSR count). The maximum atomic E-state index is 12.6. The first kappa shape index (κ1) is 26.1. The summed E-state index contributed by atoms with van der Waals surface area (Å²) >= 11 is 2.02. The second-order valence-electron chi connectivity index (χ2n) is 10.1. The van der Waals surface area contributed by atoms with Crippen LogP contribution in [0.4, 0.5) is 22.1 Å². The van der Waals surface area contributed by atoms with Crippen molar-refractivity contribution in [3.63, 3.8) is 0 Å². The highest BCUT2D eigenvalue weighted by molar-refractivity contribution is 14.1. The van der Waals surface area contributed by atoms with Gasteiger partial charge in [-0.1, -0.05) is 0 Å². The summed E-state index contributed by atoms with van der Waals surface area (Å²) in [5.41, 5.74) is 4.83. The van der Waals surface area contributed by atoms with Gasteiger partial charge in [0.1, 0.15) is 18.0 Å². The van der Waals surface area contributed by atoms with Gasteiger partial charge in [0.05, 0.1) is 79.3 Å². The highest BCUT2D eigenvalue weighted by Crippen LogP contribution is 2.33. The zero-order valence-electron chi connectivity index (χ0n) is 22.0. The Morgan fingerprint density at radius 1 is 1.10 bits per heavy atom. The summed E-state index contributed by atoms with van der Waals surface area (Å²) in [5.74, 6) is 2.57. The van der Waals surface area contributed by atoms with Gasteiger partial charge in [0.2, 0.25) is 0 Å². The molecule has 1 N–H and O–H groups in total. The lowest BCUT2D eigenvalue weighted by Gasteiger charge is -2.38. The van der Waals surface area contributed by atoms with Crippen LogP contribution in [-0.2, 0) is 22.4 Å². The SMILES string of the molecule is Cc1cc(N2CCc3c(nc(-c4ccc(N(I)C(=O)NC5COC5)cc4)nc3N3CCOCC3C)C2)ncn1. The molecule has 5 heterocycles. The Balaban J connectivity index is 1.31. The molecule has 12 heteroatoms. The molecule has 0 bridgehead atoms. The van der Waals surface area contributed by atoms with E-state index >= 15 is 0 Å². The molecule has 0 spiro atoms. The molecule has 1 unspecified atom stereocenters. The van der Waals surface area contributed by atoms with Crippen molar-refractivity contribution in [3.05, 3.63) is 53.6 Å². The van der Waals surface area contributed by atoms with E-state index in [2.05, 4.69) is 32.0 Å². The Bertz CT molecular complexity index is 1350. The highest BCUT2D eigenvalue weighted by Gasteiger charge is 2.30. The number of benzene rings is 1. The maximum absolute atomic E-state index is 12.6. The quantitative estimate of drug-likeness (QED) is 0.332. The predicted molar refractivity (Wildman–Crippen MR) is 156 cm³/mol. The van der Waals surface area contributed by atoms with E-state index in [4.69, 9.17) is 19.4 Å². The highest BCUT2D eigenvalue weighted by atomic mass is 127. The summed E-state index contributed by atoms with van der Waals surface area (Å²) < 4.78 is 12.4. The van der Waals surface area contributed by atoms with E-state index in [1.807, 2.05) is 60.1 Å². The number of amides is 2. The van der Waals surface area contributed by atoms with Crippen LogP contribution in [0, 0.1) is 6.92 Å². The molecule has 0 radical (unpaired) electrons. The number of urea groups is 1. The van der Waals surface area contributed by atoms with Gasteiger partial charge < -0.3 is 24.6 Å². The lowest BCUT2D eigenvalue weighted by atomic mass is 10.0. The third kappa shape index (κ3) is 5.50. The van der Waals surface area contributed by atoms with Crippen LogP contribution in [0.3, 0.4) is 0 Å². The normalized spacial score (nSPS) is 19.3. The minimum atomic E-state index is -0.162. The average molecular weight is 643 g/mol. The fraction of sp³-hybridized carbons (Fsp3) is 0.444. The van der Waals surface area contributed by atoms with Crippen molar-refractivity contribution in [1.29, 1.82) is 0 Å². The first-order valence-electron chi connectivity index (χ1n) is 13.2. The number of anilines is 3. The van der Waals surface area contributed by atoms with Gasteiger partial charge in [-0.05, 0) is 44.5 Å². The largest absolute Gasteiger partial charge is 0.377 e. The van der Waals surface area contributed by atoms with Gasteiger partial charge in [-0.15, -0.1) is 0 Å². The van der Waals surface area contributed by atoms with E-state index in [1.165, 1.54) is 5.56 Å². The Hall–Kier alpha value is -3.10. The Kier molecular flexibility index (Phi) is 7.49. The molecule has 2 amide bonds. The lowest BCUT2D eigenvalue weighted by Crippen LogP contribution is -2.51. The molecule has 2 aromatic heterocycles. The van der Waals surface area contributed by atoms with Gasteiger partial charge >= 0.3 is 6.03 Å². The number of rotatable bonds is 5. The van der Waals surface area contributed by atoms with Gasteiger partial charge in [0.15, 0.2) is 5.82 Å². The van der Waals surface area contributed by atoms with Crippen LogP contribution in [-0.4, -0.2) is 77.6 Å². The van der Waals surface area contributed by atoms with E-state index in [-0.39, 0.29) is 18.1 Å². The monoisotopic (exact) mass is 642 g/mol. The fourth-order valence-electron chi connectivity index (χ4n) is 5.04. The molecule has 11 nitrogen and oxygen atoms in total. The number of ether oxygens (including phenoxy) is 2. The first-order valence-corrected chi connectivity index (χ1v) is 14.1. The van der Waals surface area contributed by atoms with Gasteiger partial charge in [0.25, 0.3) is 0 Å². The number of aryl methyl sites for hydroxylation is 1. The molecule has 1 atom stereocenters. The standard InChI is InChI=1S/C27H31IN8O3/c1-17-11-24(30-16-29-17)34-8-7-22-23(12-34)32-25(33-26(22)35-9-10-38-13-18(35)2)19-3-5-21(6-4-19)36(28)27(37)31-20-14-39-15-20/h3-6,11,16,18,20H,7-10,12-15H2,1-2H3,(H,31,37). The van der Waals surface area contributed by atoms with E-state index in [0.29, 0.717) is 38.8 Å². The van der Waals surface area contributed by atoms with Crippen LogP contribution < -0.4 is 18.2 Å². The first-order chi connectivity index (χ1) is 19.0. The number of nitrogens with one attached hydrogen (secondary N) is 1. The second-order valence-corrected chi connectivity index (χ2v) is 11.1. The number of fused-ring (bicyclic) bond motifs is 1. The molecule has 3 aliphatic rings. The molecule has 3 aromatic rings. The summed E-state index contributed by atoms with van der Waals surface area (Å²) in [4.78, 5) is 36.1. The zero-order chi connectivity index (χ0) is 26.9. The third-order valence-corrected chi connectivity index (χ3v) is 8.29. The van der Waals surface area contributed by atoms with Crippen molar-refractivity contribution in [2.24, 2.45) is 0 Å². The second kappa shape index (κ2) is 11.2. The van der Waals surface area contributed by atoms with Crippen molar-refractivity contribution >= 4 is 46.2 Å². The summed E-state index contributed by atoms with van der Waals surface area (Å²) in [6, 6.07) is 9.95. The summed E-state index contributed by atoms with van der Waals surface area (Å²) in [6.45, 7) is 8.92. The van der Waals surface area contributed by atoms with Gasteiger partial charge in [-0.3, -0.25) is 0 Å². The van der Waals surface area contributed by atoms with E-state index in [1.54, 1.807) is 9.44 Å². The molecule has 0 aliphatic carbocycles. The van der Waals surface area contributed by atoms with Crippen LogP contribution >= 0.6 is 22.9 Å². The lowest BCUT2D eigenvalue weighted by molar-refractivity contribution is 0.000614. The molecular weight excluding hydrogens is 611 g/mol. The smallest absolute Gasteiger partial charge is 0.331 e. The molecule has 39 heavy (non-hydrogen) atoms. The molecule has 1 aromatic carbocycles. The number of hydrogen-bond acceptors (Lipinski definition) is 9. The van der Waals surface area contributed by atoms with Crippen LogP contribution in [0.5, 0.6) is 0 Å². The van der Waals surface area contributed by atoms with Crippen LogP contribution in [0.2, 0.25) is 0 Å². The van der Waals surface area contributed by atoms with Gasteiger partial charge in [-0.25, -0.2) is 27.8 Å². The van der Waals surface area contributed by atoms with Crippen molar-refractivity contribution in [3.8, 4) is 11.4 Å². The van der Waals surface area contributed by atoms with Gasteiger partial charge in [-0.2, -0.15) is 0 Å². The number of carbonyl (C=O) groups excluding carboxylic acids is 1. The van der Waals surface area contributed by atoms with E-state index in [0.717, 1.165) is 53.8 Å². The van der Waals surface area contributed by atoms with Crippen LogP contribution in [0.1, 0.15) is 23.9 Å². The Morgan fingerprint density at radius 2 is 1.92 bits per heavy atom. The molecule has 2 fully saturated rings. The number of carbonyl (C=O) groups is 1. The molecule has 0 saturated carbocycles. The number of halogens is 1. The molecular formula is C27H31IN8O3. The van der Waals surface area contributed by atoms with Crippen LogP contribution in [0.15, 0.2) is 36.7 Å². The number of hydrogen-bond donors (Lipinski definition) is 1. The number of aromatic nitrogens is 4. The summed E-state index contributed by atoms with van der Waals surface area (Å²) in [5, 5.41) is 2.96. The number of morpholine rings is 1. The third-order valence-electron chi connectivity index (χ3n) is 7.29.